The van der Waals surface area contributed by atoms with E-state index >= 15 is 0 Å². The first-order chi connectivity index (χ1) is 16.6. The van der Waals surface area contributed by atoms with E-state index in [1.807, 2.05) is 0 Å². The molecule has 1 amide bonds. The molecule has 2 heterocycles. The first kappa shape index (κ1) is 24.4. The number of alkyl halides is 3. The lowest BCUT2D eigenvalue weighted by Gasteiger charge is -2.11. The maximum atomic E-state index is 13.4. The lowest BCUT2D eigenvalue weighted by atomic mass is 10.2. The summed E-state index contributed by atoms with van der Waals surface area (Å²) in [4.78, 5) is 38.6. The van der Waals surface area contributed by atoms with Crippen LogP contribution < -0.4 is 10.9 Å². The molecule has 35 heavy (non-hydrogen) atoms. The van der Waals surface area contributed by atoms with Crippen LogP contribution in [0.2, 0.25) is 5.02 Å². The second kappa shape index (κ2) is 9.51. The van der Waals surface area contributed by atoms with Gasteiger partial charge < -0.3 is 10.1 Å². The molecule has 0 atom stereocenters. The fourth-order valence-corrected chi connectivity index (χ4v) is 4.29. The van der Waals surface area contributed by atoms with Crippen molar-refractivity contribution in [3.05, 3.63) is 86.1 Å². The van der Waals surface area contributed by atoms with Crippen molar-refractivity contribution in [1.82, 2.24) is 9.78 Å². The number of thiophene rings is 1. The number of hydrogen-bond acceptors (Lipinski definition) is 6. The number of hydrogen-bond donors (Lipinski definition) is 1. The second-order valence-electron chi connectivity index (χ2n) is 7.15. The summed E-state index contributed by atoms with van der Waals surface area (Å²) in [5, 5.41) is 8.88. The predicted molar refractivity (Wildman–Crippen MR) is 126 cm³/mol. The molecule has 0 unspecified atom stereocenters. The molecule has 0 bridgehead atoms. The van der Waals surface area contributed by atoms with Crippen LogP contribution in [0, 0.1) is 0 Å². The number of esters is 1. The number of carbonyl (C=O) groups is 2. The molecular weight excluding hydrogens is 507 g/mol. The van der Waals surface area contributed by atoms with Crippen LogP contribution in [0.15, 0.2) is 58.7 Å². The topological polar surface area (TPSA) is 90.3 Å². The van der Waals surface area contributed by atoms with Gasteiger partial charge in [0, 0.05) is 21.4 Å². The number of ether oxygens (including phenoxy) is 1. The normalized spacial score (nSPS) is 11.5. The van der Waals surface area contributed by atoms with Crippen LogP contribution in [-0.2, 0) is 10.9 Å². The molecule has 0 radical (unpaired) electrons. The van der Waals surface area contributed by atoms with Gasteiger partial charge >= 0.3 is 12.1 Å². The summed E-state index contributed by atoms with van der Waals surface area (Å²) in [7, 11) is 0. The molecular formula is C23H15ClF3N3O4S. The maximum absolute atomic E-state index is 13.4. The SMILES string of the molecule is CCOC(=O)c1nn(-c2ccc(C(F)(F)F)cc2)c(=O)c2c(NC(=O)c3ccc(Cl)cc3)scc12. The highest BCUT2D eigenvalue weighted by molar-refractivity contribution is 7.16. The van der Waals surface area contributed by atoms with Crippen molar-refractivity contribution in [2.24, 2.45) is 0 Å². The van der Waals surface area contributed by atoms with Crippen molar-refractivity contribution < 1.29 is 27.5 Å². The van der Waals surface area contributed by atoms with Crippen LogP contribution in [0.5, 0.6) is 0 Å². The summed E-state index contributed by atoms with van der Waals surface area (Å²) in [6, 6.07) is 9.79. The molecule has 0 aliphatic heterocycles. The van der Waals surface area contributed by atoms with E-state index in [0.717, 1.165) is 40.3 Å². The average molecular weight is 522 g/mol. The molecule has 4 rings (SSSR count). The van der Waals surface area contributed by atoms with E-state index in [4.69, 9.17) is 16.3 Å². The van der Waals surface area contributed by atoms with E-state index in [1.54, 1.807) is 6.92 Å². The van der Waals surface area contributed by atoms with Crippen molar-refractivity contribution in [2.75, 3.05) is 11.9 Å². The van der Waals surface area contributed by atoms with Gasteiger partial charge in [-0.2, -0.15) is 23.0 Å². The molecule has 12 heteroatoms. The minimum atomic E-state index is -4.57. The Morgan fingerprint density at radius 1 is 1.11 bits per heavy atom. The third-order valence-corrected chi connectivity index (χ3v) is 6.04. The highest BCUT2D eigenvalue weighted by Gasteiger charge is 2.30. The smallest absolute Gasteiger partial charge is 0.416 e. The molecule has 180 valence electrons. The summed E-state index contributed by atoms with van der Waals surface area (Å²) < 4.78 is 44.7. The van der Waals surface area contributed by atoms with Gasteiger partial charge in [0.05, 0.1) is 23.2 Å². The Morgan fingerprint density at radius 3 is 2.37 bits per heavy atom. The number of anilines is 1. The maximum Gasteiger partial charge on any atom is 0.416 e. The minimum absolute atomic E-state index is 0.00312. The molecule has 0 aliphatic carbocycles. The minimum Gasteiger partial charge on any atom is -0.461 e. The number of carbonyl (C=O) groups excluding carboxylic acids is 2. The van der Waals surface area contributed by atoms with Crippen LogP contribution >= 0.6 is 22.9 Å². The molecule has 7 nitrogen and oxygen atoms in total. The zero-order chi connectivity index (χ0) is 25.3. The lowest BCUT2D eigenvalue weighted by molar-refractivity contribution is -0.137. The number of rotatable bonds is 5. The van der Waals surface area contributed by atoms with Crippen molar-refractivity contribution in [3.8, 4) is 5.69 Å². The van der Waals surface area contributed by atoms with Crippen molar-refractivity contribution in [2.45, 2.75) is 13.1 Å². The second-order valence-corrected chi connectivity index (χ2v) is 8.46. The molecule has 2 aromatic carbocycles. The van der Waals surface area contributed by atoms with E-state index in [2.05, 4.69) is 10.4 Å². The van der Waals surface area contributed by atoms with Crippen LogP contribution in [0.1, 0.15) is 33.3 Å². The van der Waals surface area contributed by atoms with Crippen LogP contribution in [0.3, 0.4) is 0 Å². The largest absolute Gasteiger partial charge is 0.461 e. The highest BCUT2D eigenvalue weighted by Crippen LogP contribution is 2.32. The van der Waals surface area contributed by atoms with Gasteiger partial charge in [0.15, 0.2) is 5.69 Å². The summed E-state index contributed by atoms with van der Waals surface area (Å²) in [6.45, 7) is 1.62. The molecule has 2 aromatic heterocycles. The van der Waals surface area contributed by atoms with E-state index in [-0.39, 0.29) is 39.3 Å². The van der Waals surface area contributed by atoms with Gasteiger partial charge in [0.2, 0.25) is 0 Å². The Bertz CT molecular complexity index is 1480. The summed E-state index contributed by atoms with van der Waals surface area (Å²) >= 11 is 6.85. The summed E-state index contributed by atoms with van der Waals surface area (Å²) in [6.07, 6.45) is -4.57. The van der Waals surface area contributed by atoms with Gasteiger partial charge in [-0.3, -0.25) is 9.59 Å². The van der Waals surface area contributed by atoms with E-state index < -0.39 is 29.2 Å². The van der Waals surface area contributed by atoms with Gasteiger partial charge in [-0.1, -0.05) is 11.6 Å². The zero-order valence-electron chi connectivity index (χ0n) is 17.9. The number of benzene rings is 2. The summed E-state index contributed by atoms with van der Waals surface area (Å²) in [5.41, 5.74) is -1.59. The molecule has 0 aliphatic rings. The molecule has 0 saturated carbocycles. The molecule has 1 N–H and O–H groups in total. The third kappa shape index (κ3) is 4.91. The Morgan fingerprint density at radius 2 is 1.77 bits per heavy atom. The molecule has 0 saturated heterocycles. The molecule has 0 spiro atoms. The fourth-order valence-electron chi connectivity index (χ4n) is 3.24. The Labute approximate surface area is 204 Å². The lowest BCUT2D eigenvalue weighted by Crippen LogP contribution is -2.25. The van der Waals surface area contributed by atoms with Gasteiger partial charge in [-0.05, 0) is 55.5 Å². The number of nitrogens with zero attached hydrogens (tertiary/aromatic N) is 2. The van der Waals surface area contributed by atoms with Gasteiger partial charge in [0.25, 0.3) is 11.5 Å². The van der Waals surface area contributed by atoms with Crippen LogP contribution in [0.4, 0.5) is 18.2 Å². The monoisotopic (exact) mass is 521 g/mol. The van der Waals surface area contributed by atoms with E-state index in [9.17, 15) is 27.6 Å². The Kier molecular flexibility index (Phi) is 6.64. The zero-order valence-corrected chi connectivity index (χ0v) is 19.4. The fraction of sp³-hybridized carbons (Fsp3) is 0.130. The molecule has 4 aromatic rings. The molecule has 0 fully saturated rings. The Hall–Kier alpha value is -3.70. The third-order valence-electron chi connectivity index (χ3n) is 4.89. The van der Waals surface area contributed by atoms with Gasteiger partial charge in [-0.25, -0.2) is 4.79 Å². The van der Waals surface area contributed by atoms with Gasteiger partial charge in [0.1, 0.15) is 5.00 Å². The van der Waals surface area contributed by atoms with Crippen molar-refractivity contribution in [1.29, 1.82) is 0 Å². The van der Waals surface area contributed by atoms with Crippen molar-refractivity contribution in [3.63, 3.8) is 0 Å². The summed E-state index contributed by atoms with van der Waals surface area (Å²) in [5.74, 6) is -1.35. The number of fused-ring (bicyclic) bond motifs is 1. The number of nitrogens with one attached hydrogen (secondary N) is 1. The quantitative estimate of drug-likeness (QED) is 0.348. The van der Waals surface area contributed by atoms with E-state index in [1.165, 1.54) is 29.6 Å². The first-order valence-corrected chi connectivity index (χ1v) is 11.3. The predicted octanol–water partition coefficient (Wildman–Crippen LogP) is 5.55. The standard InChI is InChI=1S/C23H15ClF3N3O4S/c1-2-34-22(33)18-16-11-35-20(28-19(31)12-3-7-14(24)8-4-12)17(16)21(32)30(29-18)15-9-5-13(6-10-15)23(25,26)27/h3-11H,2H2,1H3,(H,28,31). The number of halogens is 4. The van der Waals surface area contributed by atoms with Crippen LogP contribution in [0.25, 0.3) is 16.5 Å². The number of aromatic nitrogens is 2. The first-order valence-electron chi connectivity index (χ1n) is 10.1. The number of amides is 1. The van der Waals surface area contributed by atoms with Crippen molar-refractivity contribution >= 4 is 50.6 Å². The average Bonchev–Trinajstić information content (AvgIpc) is 3.23. The highest BCUT2D eigenvalue weighted by atomic mass is 35.5. The Balaban J connectivity index is 1.85. The van der Waals surface area contributed by atoms with E-state index in [0.29, 0.717) is 5.02 Å². The van der Waals surface area contributed by atoms with Gasteiger partial charge in [-0.15, -0.1) is 11.3 Å². The van der Waals surface area contributed by atoms with Crippen LogP contribution in [-0.4, -0.2) is 28.3 Å².